The standard InChI is InChI=1S/C14H18N4O2S/c1-11-4-2-5-12(10-11)7-9-17-21(19,20)14-13(18-15)6-3-8-16-14/h2-6,8,10,17-18H,7,9,15H2,1H3. The maximum absolute atomic E-state index is 12.2. The third-order valence-electron chi connectivity index (χ3n) is 2.97. The van der Waals surface area contributed by atoms with Crippen molar-refractivity contribution >= 4 is 15.7 Å². The molecule has 7 heteroatoms. The molecule has 21 heavy (non-hydrogen) atoms. The molecule has 0 aliphatic rings. The van der Waals surface area contributed by atoms with Crippen LogP contribution in [0.3, 0.4) is 0 Å². The SMILES string of the molecule is Cc1cccc(CCNS(=O)(=O)c2ncccc2NN)c1. The fraction of sp³-hybridized carbons (Fsp3) is 0.214. The zero-order chi connectivity index (χ0) is 15.3. The van der Waals surface area contributed by atoms with E-state index in [1.54, 1.807) is 12.1 Å². The molecule has 0 unspecified atom stereocenters. The molecule has 0 spiro atoms. The molecule has 0 amide bonds. The highest BCUT2D eigenvalue weighted by molar-refractivity contribution is 7.89. The number of nitrogen functional groups attached to an aromatic ring is 1. The molecule has 0 saturated heterocycles. The number of aromatic nitrogens is 1. The molecule has 112 valence electrons. The minimum absolute atomic E-state index is 0.100. The van der Waals surface area contributed by atoms with Gasteiger partial charge in [0.15, 0.2) is 5.03 Å². The Kier molecular flexibility index (Phi) is 4.89. The van der Waals surface area contributed by atoms with E-state index in [1.807, 2.05) is 31.2 Å². The van der Waals surface area contributed by atoms with Crippen LogP contribution in [0, 0.1) is 6.92 Å². The molecule has 0 aliphatic heterocycles. The number of sulfonamides is 1. The lowest BCUT2D eigenvalue weighted by atomic mass is 10.1. The van der Waals surface area contributed by atoms with E-state index < -0.39 is 10.0 Å². The molecule has 1 heterocycles. The third-order valence-corrected chi connectivity index (χ3v) is 4.39. The van der Waals surface area contributed by atoms with E-state index in [0.29, 0.717) is 13.0 Å². The first kappa shape index (κ1) is 15.4. The largest absolute Gasteiger partial charge is 0.321 e. The van der Waals surface area contributed by atoms with Crippen LogP contribution in [-0.4, -0.2) is 19.9 Å². The second-order valence-electron chi connectivity index (χ2n) is 4.64. The smallest absolute Gasteiger partial charge is 0.260 e. The monoisotopic (exact) mass is 306 g/mol. The van der Waals surface area contributed by atoms with Gasteiger partial charge < -0.3 is 5.43 Å². The number of hydrogen-bond donors (Lipinski definition) is 3. The van der Waals surface area contributed by atoms with Gasteiger partial charge in [0.05, 0.1) is 5.69 Å². The predicted octanol–water partition coefficient (Wildman–Crippen LogP) is 1.20. The molecule has 6 nitrogen and oxygen atoms in total. The van der Waals surface area contributed by atoms with Crippen molar-refractivity contribution in [2.24, 2.45) is 5.84 Å². The maximum atomic E-state index is 12.2. The molecule has 0 aliphatic carbocycles. The number of benzene rings is 1. The minimum Gasteiger partial charge on any atom is -0.321 e. The van der Waals surface area contributed by atoms with Crippen LogP contribution in [0.4, 0.5) is 5.69 Å². The zero-order valence-corrected chi connectivity index (χ0v) is 12.5. The summed E-state index contributed by atoms with van der Waals surface area (Å²) in [6.45, 7) is 2.30. The molecular formula is C14H18N4O2S. The summed E-state index contributed by atoms with van der Waals surface area (Å²) in [6.07, 6.45) is 2.02. The maximum Gasteiger partial charge on any atom is 0.260 e. The van der Waals surface area contributed by atoms with Crippen molar-refractivity contribution in [2.45, 2.75) is 18.4 Å². The van der Waals surface area contributed by atoms with Crippen LogP contribution in [0.5, 0.6) is 0 Å². The average Bonchev–Trinajstić information content (AvgIpc) is 2.47. The van der Waals surface area contributed by atoms with Crippen LogP contribution >= 0.6 is 0 Å². The average molecular weight is 306 g/mol. The Labute approximate surface area is 124 Å². The van der Waals surface area contributed by atoms with Gasteiger partial charge >= 0.3 is 0 Å². The number of nitrogens with zero attached hydrogens (tertiary/aromatic N) is 1. The number of rotatable bonds is 6. The predicted molar refractivity (Wildman–Crippen MR) is 82.1 cm³/mol. The lowest BCUT2D eigenvalue weighted by Crippen LogP contribution is -2.28. The molecule has 4 N–H and O–H groups in total. The first-order chi connectivity index (χ1) is 10.0. The summed E-state index contributed by atoms with van der Waals surface area (Å²) in [4.78, 5) is 3.87. The highest BCUT2D eigenvalue weighted by Gasteiger charge is 2.19. The number of aryl methyl sites for hydroxylation is 1. The fourth-order valence-electron chi connectivity index (χ4n) is 1.98. The second kappa shape index (κ2) is 6.66. The van der Waals surface area contributed by atoms with Gasteiger partial charge in [-0.3, -0.25) is 5.84 Å². The van der Waals surface area contributed by atoms with Crippen LogP contribution in [0.15, 0.2) is 47.6 Å². The normalized spacial score (nSPS) is 11.3. The number of nitrogens with two attached hydrogens (primary N) is 1. The lowest BCUT2D eigenvalue weighted by Gasteiger charge is -2.10. The molecule has 1 aromatic carbocycles. The fourth-order valence-corrected chi connectivity index (χ4v) is 3.10. The topological polar surface area (TPSA) is 97.1 Å². The number of pyridine rings is 1. The van der Waals surface area contributed by atoms with Gasteiger partial charge in [-0.25, -0.2) is 18.1 Å². The van der Waals surface area contributed by atoms with E-state index in [0.717, 1.165) is 11.1 Å². The number of anilines is 1. The quantitative estimate of drug-likeness (QED) is 0.550. The van der Waals surface area contributed by atoms with Gasteiger partial charge in [-0.05, 0) is 31.0 Å². The van der Waals surface area contributed by atoms with Gasteiger partial charge in [0.2, 0.25) is 0 Å². The van der Waals surface area contributed by atoms with Crippen molar-refractivity contribution in [3.05, 3.63) is 53.7 Å². The van der Waals surface area contributed by atoms with Crippen molar-refractivity contribution in [1.82, 2.24) is 9.71 Å². The summed E-state index contributed by atoms with van der Waals surface area (Å²) in [5.41, 5.74) is 4.83. The first-order valence-electron chi connectivity index (χ1n) is 6.50. The molecule has 2 aromatic rings. The summed E-state index contributed by atoms with van der Waals surface area (Å²) in [6, 6.07) is 11.1. The van der Waals surface area contributed by atoms with Crippen molar-refractivity contribution in [3.8, 4) is 0 Å². The van der Waals surface area contributed by atoms with Crippen LogP contribution in [0.1, 0.15) is 11.1 Å². The Balaban J connectivity index is 2.05. The van der Waals surface area contributed by atoms with Gasteiger partial charge in [0.25, 0.3) is 10.0 Å². The molecular weight excluding hydrogens is 288 g/mol. The molecule has 0 saturated carbocycles. The van der Waals surface area contributed by atoms with E-state index in [4.69, 9.17) is 5.84 Å². The second-order valence-corrected chi connectivity index (χ2v) is 6.32. The summed E-state index contributed by atoms with van der Waals surface area (Å²) >= 11 is 0. The third kappa shape index (κ3) is 4.01. The van der Waals surface area contributed by atoms with Crippen molar-refractivity contribution in [3.63, 3.8) is 0 Å². The highest BCUT2D eigenvalue weighted by Crippen LogP contribution is 2.16. The van der Waals surface area contributed by atoms with E-state index in [1.165, 1.54) is 6.20 Å². The molecule has 0 fully saturated rings. The Bertz CT molecular complexity index is 716. The summed E-state index contributed by atoms with van der Waals surface area (Å²) in [7, 11) is -3.69. The van der Waals surface area contributed by atoms with Crippen molar-refractivity contribution in [2.75, 3.05) is 12.0 Å². The highest BCUT2D eigenvalue weighted by atomic mass is 32.2. The van der Waals surface area contributed by atoms with E-state index in [2.05, 4.69) is 15.1 Å². The Hall–Kier alpha value is -1.96. The molecule has 0 radical (unpaired) electrons. The van der Waals surface area contributed by atoms with Gasteiger partial charge in [0, 0.05) is 12.7 Å². The molecule has 2 rings (SSSR count). The Morgan fingerprint density at radius 1 is 1.24 bits per heavy atom. The zero-order valence-electron chi connectivity index (χ0n) is 11.7. The van der Waals surface area contributed by atoms with Crippen molar-refractivity contribution in [1.29, 1.82) is 0 Å². The number of nitrogens with one attached hydrogen (secondary N) is 2. The van der Waals surface area contributed by atoms with Gasteiger partial charge in [-0.1, -0.05) is 29.8 Å². The first-order valence-corrected chi connectivity index (χ1v) is 7.98. The molecule has 0 bridgehead atoms. The van der Waals surface area contributed by atoms with E-state index in [-0.39, 0.29) is 10.7 Å². The Morgan fingerprint density at radius 2 is 2.05 bits per heavy atom. The summed E-state index contributed by atoms with van der Waals surface area (Å²) < 4.78 is 26.9. The van der Waals surface area contributed by atoms with Gasteiger partial charge in [0.1, 0.15) is 0 Å². The van der Waals surface area contributed by atoms with Crippen LogP contribution in [-0.2, 0) is 16.4 Å². The minimum atomic E-state index is -3.69. The van der Waals surface area contributed by atoms with E-state index in [9.17, 15) is 8.42 Å². The van der Waals surface area contributed by atoms with E-state index >= 15 is 0 Å². The number of hydrazine groups is 1. The van der Waals surface area contributed by atoms with Crippen molar-refractivity contribution < 1.29 is 8.42 Å². The molecule has 0 atom stereocenters. The summed E-state index contributed by atoms with van der Waals surface area (Å²) in [5, 5.41) is -0.100. The number of hydrogen-bond acceptors (Lipinski definition) is 5. The van der Waals surface area contributed by atoms with Gasteiger partial charge in [-0.15, -0.1) is 0 Å². The van der Waals surface area contributed by atoms with Crippen LogP contribution < -0.4 is 16.0 Å². The van der Waals surface area contributed by atoms with Gasteiger partial charge in [-0.2, -0.15) is 0 Å². The Morgan fingerprint density at radius 3 is 2.76 bits per heavy atom. The van der Waals surface area contributed by atoms with Crippen LogP contribution in [0.25, 0.3) is 0 Å². The summed E-state index contributed by atoms with van der Waals surface area (Å²) in [5.74, 6) is 5.30. The lowest BCUT2D eigenvalue weighted by molar-refractivity contribution is 0.578. The van der Waals surface area contributed by atoms with Crippen LogP contribution in [0.2, 0.25) is 0 Å². The molecule has 1 aromatic heterocycles.